The minimum Gasteiger partial charge on any atom is -0.337 e. The number of aromatic nitrogens is 1. The maximum Gasteiger partial charge on any atom is 0.272 e. The molecule has 0 unspecified atom stereocenters. The monoisotopic (exact) mass is 258 g/mol. The molecule has 1 aromatic heterocycles. The van der Waals surface area contributed by atoms with Crippen LogP contribution in [0.15, 0.2) is 18.3 Å². The number of hydrogen-bond donors (Lipinski definition) is 0. The van der Waals surface area contributed by atoms with Gasteiger partial charge < -0.3 is 9.80 Å². The predicted octanol–water partition coefficient (Wildman–Crippen LogP) is 1.12. The minimum absolute atomic E-state index is 0.0401. The first kappa shape index (κ1) is 13.5. The van der Waals surface area contributed by atoms with Gasteiger partial charge in [-0.2, -0.15) is 5.26 Å². The maximum atomic E-state index is 12.2. The van der Waals surface area contributed by atoms with E-state index in [2.05, 4.69) is 24.0 Å². The Kier molecular flexibility index (Phi) is 4.13. The topological polar surface area (TPSA) is 60.2 Å². The van der Waals surface area contributed by atoms with Crippen molar-refractivity contribution in [2.75, 3.05) is 27.2 Å². The number of nitriles is 1. The number of carbonyl (C=O) groups is 1. The smallest absolute Gasteiger partial charge is 0.272 e. The van der Waals surface area contributed by atoms with Crippen molar-refractivity contribution in [3.05, 3.63) is 29.6 Å². The summed E-state index contributed by atoms with van der Waals surface area (Å²) >= 11 is 0. The van der Waals surface area contributed by atoms with E-state index >= 15 is 0 Å². The number of nitrogens with zero attached hydrogens (tertiary/aromatic N) is 4. The summed E-state index contributed by atoms with van der Waals surface area (Å²) in [7, 11) is 4.15. The van der Waals surface area contributed by atoms with E-state index in [1.807, 2.05) is 11.0 Å². The number of carbonyl (C=O) groups excluding carboxylic acids is 1. The Hall–Kier alpha value is -1.93. The molecular formula is C14H18N4O. The van der Waals surface area contributed by atoms with E-state index in [1.165, 1.54) is 6.20 Å². The van der Waals surface area contributed by atoms with Gasteiger partial charge in [-0.1, -0.05) is 0 Å². The molecule has 1 aliphatic rings. The van der Waals surface area contributed by atoms with Crippen LogP contribution in [0.1, 0.15) is 28.9 Å². The number of piperidine rings is 1. The minimum atomic E-state index is -0.0401. The standard InChI is InChI=1S/C14H18N4O/c1-17(2)12-5-7-18(8-6-12)14(19)13-4-3-11(9-15)10-16-13/h3-4,10,12H,5-8H2,1-2H3. The van der Waals surface area contributed by atoms with Gasteiger partial charge >= 0.3 is 0 Å². The van der Waals surface area contributed by atoms with Crippen LogP contribution in [0.4, 0.5) is 0 Å². The largest absolute Gasteiger partial charge is 0.337 e. The van der Waals surface area contributed by atoms with E-state index in [9.17, 15) is 4.79 Å². The summed E-state index contributed by atoms with van der Waals surface area (Å²) in [6.45, 7) is 1.53. The van der Waals surface area contributed by atoms with Crippen molar-refractivity contribution in [2.24, 2.45) is 0 Å². The third-order valence-electron chi connectivity index (χ3n) is 3.59. The molecule has 1 amide bonds. The van der Waals surface area contributed by atoms with E-state index in [0.717, 1.165) is 25.9 Å². The van der Waals surface area contributed by atoms with Crippen LogP contribution >= 0.6 is 0 Å². The zero-order valence-electron chi connectivity index (χ0n) is 11.3. The maximum absolute atomic E-state index is 12.2. The van der Waals surface area contributed by atoms with E-state index in [4.69, 9.17) is 5.26 Å². The molecule has 0 bridgehead atoms. The summed E-state index contributed by atoms with van der Waals surface area (Å²) in [6.07, 6.45) is 3.43. The fraction of sp³-hybridized carbons (Fsp3) is 0.500. The fourth-order valence-corrected chi connectivity index (χ4v) is 2.33. The predicted molar refractivity (Wildman–Crippen MR) is 71.6 cm³/mol. The van der Waals surface area contributed by atoms with Gasteiger partial charge in [0.2, 0.25) is 0 Å². The normalized spacial score (nSPS) is 16.4. The van der Waals surface area contributed by atoms with Crippen molar-refractivity contribution in [1.82, 2.24) is 14.8 Å². The molecule has 1 aliphatic heterocycles. The molecule has 2 heterocycles. The van der Waals surface area contributed by atoms with Crippen LogP contribution in [0.25, 0.3) is 0 Å². The lowest BCUT2D eigenvalue weighted by Crippen LogP contribution is -2.44. The first-order chi connectivity index (χ1) is 9.11. The second kappa shape index (κ2) is 5.81. The van der Waals surface area contributed by atoms with Gasteiger partial charge in [0, 0.05) is 25.3 Å². The molecule has 0 aromatic carbocycles. The molecular weight excluding hydrogens is 240 g/mol. The Morgan fingerprint density at radius 1 is 1.42 bits per heavy atom. The highest BCUT2D eigenvalue weighted by molar-refractivity contribution is 5.92. The van der Waals surface area contributed by atoms with Gasteiger partial charge in [-0.05, 0) is 39.1 Å². The summed E-state index contributed by atoms with van der Waals surface area (Å²) < 4.78 is 0. The number of pyridine rings is 1. The van der Waals surface area contributed by atoms with Crippen molar-refractivity contribution >= 4 is 5.91 Å². The first-order valence-electron chi connectivity index (χ1n) is 6.43. The van der Waals surface area contributed by atoms with Gasteiger partial charge in [0.15, 0.2) is 0 Å². The number of hydrogen-bond acceptors (Lipinski definition) is 4. The van der Waals surface area contributed by atoms with Crippen molar-refractivity contribution < 1.29 is 4.79 Å². The third kappa shape index (κ3) is 3.09. The van der Waals surface area contributed by atoms with E-state index in [0.29, 0.717) is 17.3 Å². The average Bonchev–Trinajstić information content (AvgIpc) is 2.46. The zero-order chi connectivity index (χ0) is 13.8. The molecule has 1 saturated heterocycles. The lowest BCUT2D eigenvalue weighted by atomic mass is 10.0. The van der Waals surface area contributed by atoms with Gasteiger partial charge in [-0.25, -0.2) is 4.98 Å². The zero-order valence-corrected chi connectivity index (χ0v) is 11.3. The Morgan fingerprint density at radius 2 is 2.11 bits per heavy atom. The molecule has 1 fully saturated rings. The highest BCUT2D eigenvalue weighted by Crippen LogP contribution is 2.16. The average molecular weight is 258 g/mol. The molecule has 5 nitrogen and oxygen atoms in total. The lowest BCUT2D eigenvalue weighted by molar-refractivity contribution is 0.0657. The summed E-state index contributed by atoms with van der Waals surface area (Å²) in [4.78, 5) is 20.3. The van der Waals surface area contributed by atoms with Crippen LogP contribution in [-0.4, -0.2) is 53.9 Å². The van der Waals surface area contributed by atoms with Crippen molar-refractivity contribution in [2.45, 2.75) is 18.9 Å². The molecule has 0 saturated carbocycles. The molecule has 1 aromatic rings. The molecule has 19 heavy (non-hydrogen) atoms. The first-order valence-corrected chi connectivity index (χ1v) is 6.43. The van der Waals surface area contributed by atoms with Crippen LogP contribution in [0.2, 0.25) is 0 Å². The van der Waals surface area contributed by atoms with Gasteiger partial charge in [0.05, 0.1) is 5.56 Å². The molecule has 0 radical (unpaired) electrons. The Labute approximate surface area is 113 Å². The Morgan fingerprint density at radius 3 is 2.58 bits per heavy atom. The molecule has 100 valence electrons. The number of likely N-dealkylation sites (tertiary alicyclic amines) is 1. The third-order valence-corrected chi connectivity index (χ3v) is 3.59. The number of rotatable bonds is 2. The van der Waals surface area contributed by atoms with Crippen LogP contribution in [-0.2, 0) is 0 Å². The van der Waals surface area contributed by atoms with Gasteiger partial charge in [0.1, 0.15) is 11.8 Å². The Balaban J connectivity index is 1.99. The highest BCUT2D eigenvalue weighted by Gasteiger charge is 2.25. The van der Waals surface area contributed by atoms with Crippen molar-refractivity contribution in [3.8, 4) is 6.07 Å². The van der Waals surface area contributed by atoms with E-state index in [-0.39, 0.29) is 5.91 Å². The van der Waals surface area contributed by atoms with E-state index in [1.54, 1.807) is 12.1 Å². The van der Waals surface area contributed by atoms with Crippen LogP contribution in [0.3, 0.4) is 0 Å². The number of amides is 1. The molecule has 0 spiro atoms. The van der Waals surface area contributed by atoms with E-state index < -0.39 is 0 Å². The van der Waals surface area contributed by atoms with Gasteiger partial charge in [0.25, 0.3) is 5.91 Å². The highest BCUT2D eigenvalue weighted by atomic mass is 16.2. The summed E-state index contributed by atoms with van der Waals surface area (Å²) in [6, 6.07) is 5.81. The lowest BCUT2D eigenvalue weighted by Gasteiger charge is -2.35. The van der Waals surface area contributed by atoms with Gasteiger partial charge in [-0.3, -0.25) is 4.79 Å². The van der Waals surface area contributed by atoms with Crippen molar-refractivity contribution in [3.63, 3.8) is 0 Å². The van der Waals surface area contributed by atoms with Gasteiger partial charge in [-0.15, -0.1) is 0 Å². The summed E-state index contributed by atoms with van der Waals surface area (Å²) in [5, 5.41) is 8.71. The van der Waals surface area contributed by atoms with Crippen LogP contribution < -0.4 is 0 Å². The van der Waals surface area contributed by atoms with Crippen molar-refractivity contribution in [1.29, 1.82) is 5.26 Å². The fourth-order valence-electron chi connectivity index (χ4n) is 2.33. The molecule has 2 rings (SSSR count). The molecule has 5 heteroatoms. The second-order valence-corrected chi connectivity index (χ2v) is 5.03. The summed E-state index contributed by atoms with van der Waals surface area (Å²) in [5.41, 5.74) is 0.894. The SMILES string of the molecule is CN(C)C1CCN(C(=O)c2ccc(C#N)cn2)CC1. The molecule has 0 aliphatic carbocycles. The molecule has 0 N–H and O–H groups in total. The summed E-state index contributed by atoms with van der Waals surface area (Å²) in [5.74, 6) is -0.0401. The second-order valence-electron chi connectivity index (χ2n) is 5.03. The quantitative estimate of drug-likeness (QED) is 0.797. The Bertz CT molecular complexity index is 481. The van der Waals surface area contributed by atoms with Crippen LogP contribution in [0.5, 0.6) is 0 Å². The molecule has 0 atom stereocenters. The van der Waals surface area contributed by atoms with Crippen LogP contribution in [0, 0.1) is 11.3 Å².